The number of rotatable bonds is 8. The molecular weight excluding hydrogens is 408 g/mol. The van der Waals surface area contributed by atoms with Gasteiger partial charge in [-0.2, -0.15) is 0 Å². The number of nitrogens with zero attached hydrogens (tertiary/aromatic N) is 2. The Hall–Kier alpha value is -3.11. The Morgan fingerprint density at radius 2 is 1.36 bits per heavy atom. The average molecular weight is 443 g/mol. The summed E-state index contributed by atoms with van der Waals surface area (Å²) in [6, 6.07) is 29.5. The maximum atomic E-state index is 12.9. The number of para-hydroxylation sites is 1. The normalized spacial score (nSPS) is 15.4. The zero-order chi connectivity index (χ0) is 23.0. The van der Waals surface area contributed by atoms with Gasteiger partial charge in [-0.3, -0.25) is 9.69 Å². The van der Waals surface area contributed by atoms with E-state index in [1.807, 2.05) is 23.1 Å². The third-order valence-corrected chi connectivity index (χ3v) is 6.68. The molecule has 1 fully saturated rings. The van der Waals surface area contributed by atoms with Crippen LogP contribution in [0.2, 0.25) is 0 Å². The van der Waals surface area contributed by atoms with Crippen molar-refractivity contribution in [1.29, 1.82) is 0 Å². The molecule has 4 heteroatoms. The second-order valence-electron chi connectivity index (χ2n) is 8.78. The fraction of sp³-hybridized carbons (Fsp3) is 0.345. The molecular formula is C29H34N2O2. The van der Waals surface area contributed by atoms with Crippen molar-refractivity contribution in [2.75, 3.05) is 32.8 Å². The summed E-state index contributed by atoms with van der Waals surface area (Å²) in [5, 5.41) is 0. The number of carbonyl (C=O) groups excluding carboxylic acids is 1. The Kier molecular flexibility index (Phi) is 7.79. The van der Waals surface area contributed by atoms with Gasteiger partial charge in [0.1, 0.15) is 5.75 Å². The van der Waals surface area contributed by atoms with E-state index in [2.05, 4.69) is 85.5 Å². The zero-order valence-electron chi connectivity index (χ0n) is 19.7. The first-order valence-electron chi connectivity index (χ1n) is 12.0. The van der Waals surface area contributed by atoms with E-state index in [-0.39, 0.29) is 18.6 Å². The minimum absolute atomic E-state index is 0.0598. The number of hydrogen-bond acceptors (Lipinski definition) is 3. The van der Waals surface area contributed by atoms with Crippen molar-refractivity contribution in [3.05, 3.63) is 102 Å². The number of benzene rings is 3. The van der Waals surface area contributed by atoms with E-state index in [9.17, 15) is 4.79 Å². The summed E-state index contributed by atoms with van der Waals surface area (Å²) in [7, 11) is 0. The van der Waals surface area contributed by atoms with Crippen molar-refractivity contribution in [3.63, 3.8) is 0 Å². The molecule has 172 valence electrons. The minimum Gasteiger partial charge on any atom is -0.483 e. The van der Waals surface area contributed by atoms with Crippen molar-refractivity contribution < 1.29 is 9.53 Å². The lowest BCUT2D eigenvalue weighted by atomic mass is 9.96. The van der Waals surface area contributed by atoms with Crippen LogP contribution in [0.4, 0.5) is 0 Å². The standard InChI is InChI=1S/C29H34N2O2/c1-3-23(2)26-16-10-11-17-27(26)33-22-28(32)30-18-20-31(21-19-30)29(24-12-6-4-7-13-24)25-14-8-5-9-15-25/h4-17,23,29H,3,18-22H2,1-2H3. The summed E-state index contributed by atoms with van der Waals surface area (Å²) in [6.45, 7) is 7.56. The van der Waals surface area contributed by atoms with E-state index < -0.39 is 0 Å². The third kappa shape index (κ3) is 5.63. The lowest BCUT2D eigenvalue weighted by Gasteiger charge is -2.39. The molecule has 4 rings (SSSR count). The topological polar surface area (TPSA) is 32.8 Å². The molecule has 1 saturated heterocycles. The summed E-state index contributed by atoms with van der Waals surface area (Å²) in [5.74, 6) is 1.30. The Balaban J connectivity index is 1.38. The predicted molar refractivity (Wildman–Crippen MR) is 134 cm³/mol. The highest BCUT2D eigenvalue weighted by atomic mass is 16.5. The lowest BCUT2D eigenvalue weighted by Crippen LogP contribution is -2.51. The number of piperazine rings is 1. The summed E-state index contributed by atoms with van der Waals surface area (Å²) in [4.78, 5) is 17.3. The van der Waals surface area contributed by atoms with Gasteiger partial charge in [-0.05, 0) is 35.1 Å². The Morgan fingerprint density at radius 1 is 0.818 bits per heavy atom. The summed E-state index contributed by atoms with van der Waals surface area (Å²) >= 11 is 0. The largest absolute Gasteiger partial charge is 0.483 e. The van der Waals surface area contributed by atoms with E-state index in [4.69, 9.17) is 4.74 Å². The van der Waals surface area contributed by atoms with Crippen molar-refractivity contribution in [3.8, 4) is 5.75 Å². The summed E-state index contributed by atoms with van der Waals surface area (Å²) in [5.41, 5.74) is 3.74. The van der Waals surface area contributed by atoms with E-state index in [1.165, 1.54) is 16.7 Å². The van der Waals surface area contributed by atoms with Gasteiger partial charge in [0, 0.05) is 26.2 Å². The Labute approximate surface area is 197 Å². The third-order valence-electron chi connectivity index (χ3n) is 6.68. The highest BCUT2D eigenvalue weighted by molar-refractivity contribution is 5.78. The predicted octanol–water partition coefficient (Wildman–Crippen LogP) is 5.51. The number of amides is 1. The highest BCUT2D eigenvalue weighted by Gasteiger charge is 2.28. The Morgan fingerprint density at radius 3 is 1.94 bits per heavy atom. The molecule has 4 nitrogen and oxygen atoms in total. The average Bonchev–Trinajstić information content (AvgIpc) is 2.89. The van der Waals surface area contributed by atoms with Crippen LogP contribution in [0.1, 0.15) is 48.9 Å². The van der Waals surface area contributed by atoms with Crippen LogP contribution in [0, 0.1) is 0 Å². The fourth-order valence-corrected chi connectivity index (χ4v) is 4.58. The molecule has 1 amide bonds. The van der Waals surface area contributed by atoms with Gasteiger partial charge in [-0.25, -0.2) is 0 Å². The van der Waals surface area contributed by atoms with Crippen LogP contribution in [0.15, 0.2) is 84.9 Å². The molecule has 33 heavy (non-hydrogen) atoms. The number of hydrogen-bond donors (Lipinski definition) is 0. The maximum absolute atomic E-state index is 12.9. The second kappa shape index (κ2) is 11.2. The molecule has 3 aromatic rings. The molecule has 0 radical (unpaired) electrons. The molecule has 0 aromatic heterocycles. The van der Waals surface area contributed by atoms with Crippen LogP contribution in [-0.4, -0.2) is 48.5 Å². The van der Waals surface area contributed by atoms with Crippen molar-refractivity contribution >= 4 is 5.91 Å². The van der Waals surface area contributed by atoms with Crippen LogP contribution in [0.5, 0.6) is 5.75 Å². The molecule has 1 heterocycles. The van der Waals surface area contributed by atoms with Gasteiger partial charge in [0.15, 0.2) is 6.61 Å². The molecule has 0 aliphatic carbocycles. The van der Waals surface area contributed by atoms with E-state index >= 15 is 0 Å². The smallest absolute Gasteiger partial charge is 0.260 e. The van der Waals surface area contributed by atoms with E-state index in [0.717, 1.165) is 25.3 Å². The van der Waals surface area contributed by atoms with Crippen molar-refractivity contribution in [2.45, 2.75) is 32.2 Å². The SMILES string of the molecule is CCC(C)c1ccccc1OCC(=O)N1CCN(C(c2ccccc2)c2ccccc2)CC1. The van der Waals surface area contributed by atoms with Crippen LogP contribution in [0.25, 0.3) is 0 Å². The Bertz CT molecular complexity index is 975. The van der Waals surface area contributed by atoms with Gasteiger partial charge in [-0.15, -0.1) is 0 Å². The number of ether oxygens (including phenoxy) is 1. The van der Waals surface area contributed by atoms with Crippen molar-refractivity contribution in [2.24, 2.45) is 0 Å². The van der Waals surface area contributed by atoms with Gasteiger partial charge in [0.05, 0.1) is 6.04 Å². The quantitative estimate of drug-likeness (QED) is 0.461. The van der Waals surface area contributed by atoms with E-state index in [1.54, 1.807) is 0 Å². The second-order valence-corrected chi connectivity index (χ2v) is 8.78. The van der Waals surface area contributed by atoms with Gasteiger partial charge in [0.25, 0.3) is 5.91 Å². The highest BCUT2D eigenvalue weighted by Crippen LogP contribution is 2.30. The lowest BCUT2D eigenvalue weighted by molar-refractivity contribution is -0.135. The monoisotopic (exact) mass is 442 g/mol. The van der Waals surface area contributed by atoms with Gasteiger partial charge >= 0.3 is 0 Å². The summed E-state index contributed by atoms with van der Waals surface area (Å²) in [6.07, 6.45) is 1.04. The molecule has 1 aliphatic heterocycles. The van der Waals surface area contributed by atoms with Gasteiger partial charge in [-0.1, -0.05) is 92.7 Å². The zero-order valence-corrected chi connectivity index (χ0v) is 19.7. The van der Waals surface area contributed by atoms with Crippen LogP contribution in [0.3, 0.4) is 0 Å². The molecule has 0 spiro atoms. The first kappa shape index (κ1) is 23.1. The van der Waals surface area contributed by atoms with Gasteiger partial charge in [0.2, 0.25) is 0 Å². The van der Waals surface area contributed by atoms with Crippen LogP contribution in [-0.2, 0) is 4.79 Å². The molecule has 0 N–H and O–H groups in total. The molecule has 1 unspecified atom stereocenters. The van der Waals surface area contributed by atoms with Crippen LogP contribution >= 0.6 is 0 Å². The molecule has 1 aliphatic rings. The first-order chi connectivity index (χ1) is 16.2. The van der Waals surface area contributed by atoms with Gasteiger partial charge < -0.3 is 9.64 Å². The van der Waals surface area contributed by atoms with Crippen LogP contribution < -0.4 is 4.74 Å². The maximum Gasteiger partial charge on any atom is 0.260 e. The minimum atomic E-state index is 0.0598. The summed E-state index contributed by atoms with van der Waals surface area (Å²) < 4.78 is 5.98. The van der Waals surface area contributed by atoms with Crippen molar-refractivity contribution in [1.82, 2.24) is 9.80 Å². The fourth-order valence-electron chi connectivity index (χ4n) is 4.58. The first-order valence-corrected chi connectivity index (χ1v) is 12.0. The molecule has 3 aromatic carbocycles. The molecule has 0 saturated carbocycles. The van der Waals surface area contributed by atoms with E-state index in [0.29, 0.717) is 19.0 Å². The molecule has 0 bridgehead atoms. The molecule has 1 atom stereocenters. The number of carbonyl (C=O) groups is 1.